The quantitative estimate of drug-likeness (QED) is 0.650. The first-order valence-corrected chi connectivity index (χ1v) is 5.48. The molecule has 0 atom stereocenters. The van der Waals surface area contributed by atoms with E-state index >= 15 is 0 Å². The van der Waals surface area contributed by atoms with E-state index in [9.17, 15) is 4.79 Å². The summed E-state index contributed by atoms with van der Waals surface area (Å²) < 4.78 is 2.20. The second-order valence-electron chi connectivity index (χ2n) is 5.33. The third kappa shape index (κ3) is 1.71. The van der Waals surface area contributed by atoms with Crippen molar-refractivity contribution in [2.45, 2.75) is 52.5 Å². The summed E-state index contributed by atoms with van der Waals surface area (Å²) in [6, 6.07) is 0. The zero-order chi connectivity index (χ0) is 11.2. The summed E-state index contributed by atoms with van der Waals surface area (Å²) in [7, 11) is 0. The van der Waals surface area contributed by atoms with Crippen molar-refractivity contribution in [2.24, 2.45) is 0 Å². The van der Waals surface area contributed by atoms with Crippen LogP contribution in [0.3, 0.4) is 0 Å². The van der Waals surface area contributed by atoms with E-state index < -0.39 is 0 Å². The summed E-state index contributed by atoms with van der Waals surface area (Å²) in [5, 5.41) is 0. The van der Waals surface area contributed by atoms with Crippen molar-refractivity contribution in [3.63, 3.8) is 0 Å². The summed E-state index contributed by atoms with van der Waals surface area (Å²) in [5.74, 6) is 1.27. The molecule has 1 aromatic heterocycles. The van der Waals surface area contributed by atoms with Crippen molar-refractivity contribution in [3.05, 3.63) is 17.2 Å². The Hall–Kier alpha value is -1.12. The third-order valence-corrected chi connectivity index (χ3v) is 2.98. The number of imidazole rings is 1. The Balaban J connectivity index is 2.50. The number of carbonyl (C=O) groups excluding carboxylic acids is 1. The number of Topliss-reactive ketones (excluding diaryl/α,β-unsaturated/α-hetero) is 1. The fourth-order valence-corrected chi connectivity index (χ4v) is 2.24. The molecule has 2 rings (SSSR count). The number of carbonyl (C=O) groups is 1. The van der Waals surface area contributed by atoms with Crippen LogP contribution in [0.4, 0.5) is 0 Å². The van der Waals surface area contributed by atoms with E-state index in [0.29, 0.717) is 18.6 Å². The molecule has 1 aromatic rings. The van der Waals surface area contributed by atoms with Gasteiger partial charge >= 0.3 is 0 Å². The molecule has 0 unspecified atom stereocenters. The lowest BCUT2D eigenvalue weighted by atomic mass is 9.91. The fourth-order valence-electron chi connectivity index (χ4n) is 2.24. The van der Waals surface area contributed by atoms with Crippen LogP contribution in [0, 0.1) is 6.92 Å². The van der Waals surface area contributed by atoms with Crippen LogP contribution in [0.5, 0.6) is 0 Å². The minimum Gasteiger partial charge on any atom is -0.331 e. The van der Waals surface area contributed by atoms with Gasteiger partial charge < -0.3 is 4.57 Å². The van der Waals surface area contributed by atoms with Crippen LogP contribution in [0.25, 0.3) is 0 Å². The summed E-state index contributed by atoms with van der Waals surface area (Å²) in [6.45, 7) is 9.40. The SMILES string of the molecule is Cc1c(C(C)(C)C)nc2n1CCC(=O)C2. The Kier molecular flexibility index (Phi) is 2.21. The highest BCUT2D eigenvalue weighted by Crippen LogP contribution is 2.27. The lowest BCUT2D eigenvalue weighted by molar-refractivity contribution is -0.119. The highest BCUT2D eigenvalue weighted by molar-refractivity contribution is 5.81. The van der Waals surface area contributed by atoms with Crippen molar-refractivity contribution in [1.82, 2.24) is 9.55 Å². The normalized spacial score (nSPS) is 16.7. The van der Waals surface area contributed by atoms with Gasteiger partial charge in [0.1, 0.15) is 11.6 Å². The van der Waals surface area contributed by atoms with Gasteiger partial charge in [-0.15, -0.1) is 0 Å². The Bertz CT molecular complexity index is 410. The number of ketones is 1. The van der Waals surface area contributed by atoms with Gasteiger partial charge in [-0.1, -0.05) is 20.8 Å². The predicted octanol–water partition coefficient (Wildman–Crippen LogP) is 2.00. The standard InChI is InChI=1S/C12H18N2O/c1-8-11(12(2,3)4)13-10-7-9(15)5-6-14(8)10/h5-7H2,1-4H3. The molecule has 0 amide bonds. The lowest BCUT2D eigenvalue weighted by Crippen LogP contribution is -2.19. The molecule has 3 nitrogen and oxygen atoms in total. The van der Waals surface area contributed by atoms with Crippen molar-refractivity contribution in [1.29, 1.82) is 0 Å². The number of rotatable bonds is 0. The highest BCUT2D eigenvalue weighted by atomic mass is 16.1. The first kappa shape index (κ1) is 10.4. The van der Waals surface area contributed by atoms with E-state index in [1.165, 1.54) is 5.69 Å². The van der Waals surface area contributed by atoms with Crippen LogP contribution in [0.15, 0.2) is 0 Å². The smallest absolute Gasteiger partial charge is 0.142 e. The lowest BCUT2D eigenvalue weighted by Gasteiger charge is -2.17. The molecule has 3 heteroatoms. The largest absolute Gasteiger partial charge is 0.331 e. The van der Waals surface area contributed by atoms with Crippen LogP contribution < -0.4 is 0 Å². The maximum atomic E-state index is 11.3. The first-order chi connectivity index (χ1) is 6.89. The minimum atomic E-state index is 0.0669. The number of fused-ring (bicyclic) bond motifs is 1. The Morgan fingerprint density at radius 3 is 2.60 bits per heavy atom. The molecule has 0 aromatic carbocycles. The summed E-state index contributed by atoms with van der Waals surface area (Å²) in [5.41, 5.74) is 2.43. The van der Waals surface area contributed by atoms with Crippen LogP contribution in [0.1, 0.15) is 44.4 Å². The molecule has 1 aliphatic heterocycles. The Morgan fingerprint density at radius 1 is 1.33 bits per heavy atom. The van der Waals surface area contributed by atoms with Gasteiger partial charge in [-0.05, 0) is 6.92 Å². The summed E-state index contributed by atoms with van der Waals surface area (Å²) >= 11 is 0. The molecule has 0 N–H and O–H groups in total. The molecule has 15 heavy (non-hydrogen) atoms. The molecule has 0 saturated carbocycles. The van der Waals surface area contributed by atoms with Crippen molar-refractivity contribution < 1.29 is 4.79 Å². The van der Waals surface area contributed by atoms with E-state index in [0.717, 1.165) is 18.1 Å². The minimum absolute atomic E-state index is 0.0669. The monoisotopic (exact) mass is 206 g/mol. The van der Waals surface area contributed by atoms with E-state index in [1.54, 1.807) is 0 Å². The highest BCUT2D eigenvalue weighted by Gasteiger charge is 2.26. The first-order valence-electron chi connectivity index (χ1n) is 5.48. The van der Waals surface area contributed by atoms with Crippen LogP contribution in [-0.4, -0.2) is 15.3 Å². The zero-order valence-electron chi connectivity index (χ0n) is 9.92. The molecular weight excluding hydrogens is 188 g/mol. The van der Waals surface area contributed by atoms with E-state index in [-0.39, 0.29) is 5.41 Å². The van der Waals surface area contributed by atoms with E-state index in [4.69, 9.17) is 0 Å². The van der Waals surface area contributed by atoms with Gasteiger partial charge in [0.05, 0.1) is 12.1 Å². The van der Waals surface area contributed by atoms with E-state index in [1.807, 2.05) is 0 Å². The second-order valence-corrected chi connectivity index (χ2v) is 5.33. The van der Waals surface area contributed by atoms with Crippen LogP contribution in [-0.2, 0) is 23.2 Å². The zero-order valence-corrected chi connectivity index (χ0v) is 9.92. The number of hydrogen-bond acceptors (Lipinski definition) is 2. The average molecular weight is 206 g/mol. The molecule has 0 saturated heterocycles. The molecule has 0 radical (unpaired) electrons. The summed E-state index contributed by atoms with van der Waals surface area (Å²) in [6.07, 6.45) is 1.17. The number of hydrogen-bond donors (Lipinski definition) is 0. The van der Waals surface area contributed by atoms with Crippen molar-refractivity contribution >= 4 is 5.78 Å². The van der Waals surface area contributed by atoms with Gasteiger partial charge in [0.25, 0.3) is 0 Å². The van der Waals surface area contributed by atoms with Gasteiger partial charge in [0, 0.05) is 24.1 Å². The fraction of sp³-hybridized carbons (Fsp3) is 0.667. The van der Waals surface area contributed by atoms with Gasteiger partial charge in [-0.3, -0.25) is 4.79 Å². The molecule has 2 heterocycles. The molecule has 82 valence electrons. The van der Waals surface area contributed by atoms with Crippen molar-refractivity contribution in [3.8, 4) is 0 Å². The van der Waals surface area contributed by atoms with Crippen LogP contribution >= 0.6 is 0 Å². The number of nitrogens with zero attached hydrogens (tertiary/aromatic N) is 2. The maximum absolute atomic E-state index is 11.3. The molecular formula is C12H18N2O. The Labute approximate surface area is 90.5 Å². The Morgan fingerprint density at radius 2 is 2.00 bits per heavy atom. The average Bonchev–Trinajstić information content (AvgIpc) is 2.42. The topological polar surface area (TPSA) is 34.9 Å². The van der Waals surface area contributed by atoms with Gasteiger partial charge in [0.2, 0.25) is 0 Å². The maximum Gasteiger partial charge on any atom is 0.142 e. The van der Waals surface area contributed by atoms with Gasteiger partial charge in [-0.2, -0.15) is 0 Å². The molecule has 0 bridgehead atoms. The van der Waals surface area contributed by atoms with Crippen molar-refractivity contribution in [2.75, 3.05) is 0 Å². The molecule has 0 fully saturated rings. The van der Waals surface area contributed by atoms with Gasteiger partial charge in [-0.25, -0.2) is 4.98 Å². The molecule has 1 aliphatic rings. The molecule has 0 aliphatic carbocycles. The van der Waals surface area contributed by atoms with Crippen LogP contribution in [0.2, 0.25) is 0 Å². The van der Waals surface area contributed by atoms with Gasteiger partial charge in [0.15, 0.2) is 0 Å². The number of aromatic nitrogens is 2. The molecule has 0 spiro atoms. The van der Waals surface area contributed by atoms with E-state index in [2.05, 4.69) is 37.2 Å². The predicted molar refractivity (Wildman–Crippen MR) is 59.0 cm³/mol. The third-order valence-electron chi connectivity index (χ3n) is 2.98. The summed E-state index contributed by atoms with van der Waals surface area (Å²) in [4.78, 5) is 16.0. The second kappa shape index (κ2) is 3.19.